The van der Waals surface area contributed by atoms with E-state index in [2.05, 4.69) is 4.90 Å². The summed E-state index contributed by atoms with van der Waals surface area (Å²) in [5.41, 5.74) is -1.96. The zero-order chi connectivity index (χ0) is 47.7. The van der Waals surface area contributed by atoms with Crippen molar-refractivity contribution in [3.05, 3.63) is 34.9 Å². The number of carbonyl (C=O) groups excluding carboxylic acids is 5. The molecule has 4 saturated heterocycles. The molecule has 3 amide bonds. The quantitative estimate of drug-likeness (QED) is 0.187. The summed E-state index contributed by atoms with van der Waals surface area (Å²) in [6.45, 7) is 21.5. The van der Waals surface area contributed by atoms with Crippen LogP contribution in [0.3, 0.4) is 0 Å². The largest absolute Gasteiger partial charge is 0.458 e. The van der Waals surface area contributed by atoms with Crippen LogP contribution in [0.25, 0.3) is 0 Å². The molecule has 1 aromatic rings. The Bertz CT molecular complexity index is 1840. The zero-order valence-corrected chi connectivity index (χ0v) is 40.8. The second-order valence-electron chi connectivity index (χ2n) is 19.3. The number of hydrogen-bond donors (Lipinski definition) is 1. The number of ketones is 1. The number of imide groups is 1. The molecule has 360 valence electrons. The van der Waals surface area contributed by atoms with E-state index in [0.717, 1.165) is 10.5 Å². The van der Waals surface area contributed by atoms with Gasteiger partial charge in [-0.3, -0.25) is 19.4 Å². The number of carbonyl (C=O) groups is 5. The van der Waals surface area contributed by atoms with Crippen molar-refractivity contribution in [2.75, 3.05) is 20.7 Å². The lowest BCUT2D eigenvalue weighted by atomic mass is 9.73. The van der Waals surface area contributed by atoms with Gasteiger partial charge in [0.15, 0.2) is 11.9 Å². The lowest BCUT2D eigenvalue weighted by molar-refractivity contribution is -0.302. The number of likely N-dealkylation sites (N-methyl/N-ethyl adjacent to an activating group) is 1. The molecule has 0 spiro atoms. The Labute approximate surface area is 383 Å². The van der Waals surface area contributed by atoms with Crippen LogP contribution in [0, 0.1) is 23.7 Å². The van der Waals surface area contributed by atoms with Gasteiger partial charge in [-0.25, -0.2) is 19.3 Å². The molecular weight excluding hydrogens is 850 g/mol. The first-order chi connectivity index (χ1) is 29.9. The number of aliphatic hydroxyl groups excluding tert-OH is 1. The van der Waals surface area contributed by atoms with Crippen LogP contribution < -0.4 is 0 Å². The highest BCUT2D eigenvalue weighted by atomic mass is 35.5. The highest BCUT2D eigenvalue weighted by Gasteiger charge is 2.61. The number of fused-ring (bicyclic) bond motifs is 1. The van der Waals surface area contributed by atoms with E-state index in [-0.39, 0.29) is 43.4 Å². The fourth-order valence-corrected chi connectivity index (χ4v) is 10.5. The molecule has 5 rings (SSSR count). The molecule has 4 aliphatic heterocycles. The molecule has 0 radical (unpaired) electrons. The number of rotatable bonds is 10. The number of benzene rings is 1. The molecule has 4 heterocycles. The number of ether oxygens (including phenoxy) is 7. The standard InChI is InChI=1S/C47H72ClN3O13/c1-15-35-47(12)39(50(43(55)64-47)21-20-32-16-18-33(48)19-17-32)27(6)36(52)25(4)23-46(11,58-14)40(63-42-37(53)34(22-26(5)59-42)49(13)24(2)3)28(7)38(29(8)41(54)61-35)62-45(57)51-30(9)31(10)60-44(51)56/h16-19,24-31,34-35,37-40,42,53H,15,20-23H2,1-14H3/t25-,26-,27+,28+,29-,30+,31+,34+,35-,37-,38+,39-,40-,42+,46+,47-/m1/s1. The van der Waals surface area contributed by atoms with Crippen molar-refractivity contribution in [3.8, 4) is 0 Å². The molecule has 64 heavy (non-hydrogen) atoms. The summed E-state index contributed by atoms with van der Waals surface area (Å²) in [7, 11) is 3.41. The van der Waals surface area contributed by atoms with E-state index in [1.54, 1.807) is 79.3 Å². The highest BCUT2D eigenvalue weighted by Crippen LogP contribution is 2.44. The van der Waals surface area contributed by atoms with Crippen molar-refractivity contribution >= 4 is 41.6 Å². The number of Topliss-reactive ketones (excluding diaryl/α,β-unsaturated/α-hetero) is 1. The third-order valence-corrected chi connectivity index (χ3v) is 14.8. The van der Waals surface area contributed by atoms with E-state index in [0.29, 0.717) is 17.9 Å². The van der Waals surface area contributed by atoms with Gasteiger partial charge in [-0.2, -0.15) is 0 Å². The van der Waals surface area contributed by atoms with Gasteiger partial charge in [0.2, 0.25) is 0 Å². The Morgan fingerprint density at radius 3 is 2.19 bits per heavy atom. The summed E-state index contributed by atoms with van der Waals surface area (Å²) in [5.74, 6) is -4.71. The van der Waals surface area contributed by atoms with Gasteiger partial charge in [0.1, 0.15) is 30.2 Å². The van der Waals surface area contributed by atoms with Crippen molar-refractivity contribution in [2.45, 2.75) is 187 Å². The molecule has 4 aliphatic rings. The average molecular weight is 923 g/mol. The third kappa shape index (κ3) is 10.4. The molecule has 0 bridgehead atoms. The molecule has 0 aromatic heterocycles. The normalized spacial score (nSPS) is 39.0. The van der Waals surface area contributed by atoms with Crippen molar-refractivity contribution in [1.29, 1.82) is 0 Å². The van der Waals surface area contributed by atoms with Crippen LogP contribution in [-0.4, -0.2) is 149 Å². The second kappa shape index (κ2) is 20.5. The number of halogens is 1. The molecule has 0 saturated carbocycles. The van der Waals surface area contributed by atoms with Gasteiger partial charge in [-0.05, 0) is 106 Å². The maximum atomic E-state index is 15.0. The number of nitrogens with zero attached hydrogens (tertiary/aromatic N) is 3. The number of amides is 3. The molecule has 0 unspecified atom stereocenters. The topological polar surface area (TPSA) is 180 Å². The van der Waals surface area contributed by atoms with Crippen molar-refractivity contribution in [3.63, 3.8) is 0 Å². The number of hydrogen-bond acceptors (Lipinski definition) is 14. The number of methoxy groups -OCH3 is 1. The molecule has 17 heteroatoms. The van der Waals surface area contributed by atoms with Gasteiger partial charge in [-0.1, -0.05) is 51.4 Å². The Hall–Kier alpha value is -3.54. The van der Waals surface area contributed by atoms with E-state index in [9.17, 15) is 29.1 Å². The van der Waals surface area contributed by atoms with Crippen LogP contribution in [0.2, 0.25) is 5.02 Å². The van der Waals surface area contributed by atoms with Crippen molar-refractivity contribution in [2.24, 2.45) is 23.7 Å². The van der Waals surface area contributed by atoms with Gasteiger partial charge in [0.05, 0.1) is 35.8 Å². The molecule has 1 aromatic carbocycles. The fourth-order valence-electron chi connectivity index (χ4n) is 10.3. The summed E-state index contributed by atoms with van der Waals surface area (Å²) in [6, 6.07) is 5.43. The van der Waals surface area contributed by atoms with Crippen molar-refractivity contribution < 1.29 is 62.2 Å². The van der Waals surface area contributed by atoms with Crippen LogP contribution in [-0.2, 0) is 49.2 Å². The summed E-state index contributed by atoms with van der Waals surface area (Å²) in [4.78, 5) is 75.4. The van der Waals surface area contributed by atoms with E-state index >= 15 is 0 Å². The first-order valence-electron chi connectivity index (χ1n) is 22.8. The minimum Gasteiger partial charge on any atom is -0.458 e. The van der Waals surface area contributed by atoms with Crippen LogP contribution >= 0.6 is 11.6 Å². The van der Waals surface area contributed by atoms with E-state index in [1.807, 2.05) is 40.0 Å². The van der Waals surface area contributed by atoms with E-state index in [1.165, 1.54) is 7.11 Å². The predicted octanol–water partition coefficient (Wildman–Crippen LogP) is 7.03. The van der Waals surface area contributed by atoms with Gasteiger partial charge in [0, 0.05) is 48.5 Å². The molecule has 4 fully saturated rings. The zero-order valence-electron chi connectivity index (χ0n) is 40.1. The lowest BCUT2D eigenvalue weighted by Crippen LogP contribution is -2.61. The Balaban J connectivity index is 1.63. The van der Waals surface area contributed by atoms with Gasteiger partial charge < -0.3 is 38.3 Å². The van der Waals surface area contributed by atoms with Crippen LogP contribution in [0.1, 0.15) is 108 Å². The smallest absolute Gasteiger partial charge is 0.420 e. The Morgan fingerprint density at radius 1 is 0.984 bits per heavy atom. The summed E-state index contributed by atoms with van der Waals surface area (Å²) in [5, 5.41) is 12.5. The SMILES string of the molecule is CC[C@H]1OC(=O)[C@H](C)[C@@H](OC(=O)N2C(=O)O[C@@H](C)[C@@H]2C)[C@H](C)[C@@H](O[C@@H]2O[C@H](C)C[C@H](N(C)C(C)C)[C@H]2O)[C@@](C)(OC)C[C@@H](C)C(=O)[C@H](C)[C@H]2N(CCc3ccc(Cl)cc3)C(=O)O[C@]12C. The fraction of sp³-hybridized carbons (Fsp3) is 0.766. The number of esters is 1. The number of aliphatic hydroxyl groups is 1. The van der Waals surface area contributed by atoms with E-state index < -0.39 is 108 Å². The minimum absolute atomic E-state index is 0.0576. The lowest BCUT2D eigenvalue weighted by Gasteiger charge is -2.49. The highest BCUT2D eigenvalue weighted by molar-refractivity contribution is 6.30. The summed E-state index contributed by atoms with van der Waals surface area (Å²) < 4.78 is 43.8. The van der Waals surface area contributed by atoms with Crippen molar-refractivity contribution in [1.82, 2.24) is 14.7 Å². The van der Waals surface area contributed by atoms with Crippen LogP contribution in [0.5, 0.6) is 0 Å². The Morgan fingerprint density at radius 2 is 1.62 bits per heavy atom. The van der Waals surface area contributed by atoms with E-state index in [4.69, 9.17) is 44.8 Å². The monoisotopic (exact) mass is 921 g/mol. The molecule has 0 aliphatic carbocycles. The summed E-state index contributed by atoms with van der Waals surface area (Å²) >= 11 is 6.15. The first-order valence-corrected chi connectivity index (χ1v) is 23.2. The summed E-state index contributed by atoms with van der Waals surface area (Å²) in [6.07, 6.45) is -8.25. The molecule has 16 atom stereocenters. The van der Waals surface area contributed by atoms with Gasteiger partial charge in [-0.15, -0.1) is 0 Å². The maximum absolute atomic E-state index is 15.0. The second-order valence-corrected chi connectivity index (χ2v) is 19.8. The molecule has 1 N–H and O–H groups in total. The predicted molar refractivity (Wildman–Crippen MR) is 236 cm³/mol. The third-order valence-electron chi connectivity index (χ3n) is 14.6. The molecular formula is C47H72ClN3O13. The Kier molecular flexibility index (Phi) is 16.5. The maximum Gasteiger partial charge on any atom is 0.420 e. The van der Waals surface area contributed by atoms with Gasteiger partial charge in [0.25, 0.3) is 0 Å². The van der Waals surface area contributed by atoms with Crippen LogP contribution in [0.15, 0.2) is 24.3 Å². The average Bonchev–Trinajstić information content (AvgIpc) is 3.66. The first kappa shape index (κ1) is 51.4. The minimum atomic E-state index is -1.50. The van der Waals surface area contributed by atoms with Gasteiger partial charge >= 0.3 is 24.2 Å². The number of cyclic esters (lactones) is 2. The van der Waals surface area contributed by atoms with Crippen LogP contribution in [0.4, 0.5) is 14.4 Å². The molecule has 16 nitrogen and oxygen atoms in total.